The van der Waals surface area contributed by atoms with Crippen molar-refractivity contribution in [3.63, 3.8) is 0 Å². The fraction of sp³-hybridized carbons (Fsp3) is 0.136. The first-order valence-corrected chi connectivity index (χ1v) is 8.91. The van der Waals surface area contributed by atoms with E-state index in [1.54, 1.807) is 36.4 Å². The van der Waals surface area contributed by atoms with E-state index in [1.165, 1.54) is 18.9 Å². The van der Waals surface area contributed by atoms with Crippen LogP contribution < -0.4 is 10.6 Å². The molecule has 2 aromatic carbocycles. The summed E-state index contributed by atoms with van der Waals surface area (Å²) in [6.07, 6.45) is 2.44. The van der Waals surface area contributed by atoms with Gasteiger partial charge < -0.3 is 15.4 Å². The van der Waals surface area contributed by atoms with Gasteiger partial charge in [0.2, 0.25) is 0 Å². The number of carbonyl (C=O) groups excluding carboxylic acids is 2. The summed E-state index contributed by atoms with van der Waals surface area (Å²) in [4.78, 5) is 28.2. The monoisotopic (exact) mass is 375 g/mol. The highest BCUT2D eigenvalue weighted by Crippen LogP contribution is 2.20. The van der Waals surface area contributed by atoms with Gasteiger partial charge in [0.1, 0.15) is 5.82 Å². The van der Waals surface area contributed by atoms with Gasteiger partial charge in [-0.05, 0) is 54.4 Å². The highest BCUT2D eigenvalue weighted by atomic mass is 16.5. The molecule has 0 aliphatic rings. The van der Waals surface area contributed by atoms with Gasteiger partial charge in [0.25, 0.3) is 5.91 Å². The van der Waals surface area contributed by atoms with Gasteiger partial charge >= 0.3 is 5.97 Å². The number of nitrogens with zero attached hydrogens (tertiary/aromatic N) is 1. The lowest BCUT2D eigenvalue weighted by Gasteiger charge is -2.10. The third-order valence-corrected chi connectivity index (χ3v) is 4.25. The average molecular weight is 375 g/mol. The molecule has 1 heterocycles. The molecule has 3 rings (SSSR count). The summed E-state index contributed by atoms with van der Waals surface area (Å²) in [7, 11) is 1.32. The Morgan fingerprint density at radius 3 is 2.32 bits per heavy atom. The molecule has 0 aliphatic carbocycles. The first-order valence-electron chi connectivity index (χ1n) is 8.91. The normalized spacial score (nSPS) is 10.2. The second kappa shape index (κ2) is 8.81. The summed E-state index contributed by atoms with van der Waals surface area (Å²) in [5.41, 5.74) is 3.63. The summed E-state index contributed by atoms with van der Waals surface area (Å²) in [6.45, 7) is 2.10. The highest BCUT2D eigenvalue weighted by Gasteiger charge is 2.09. The summed E-state index contributed by atoms with van der Waals surface area (Å²) in [5.74, 6) is -0.0338. The van der Waals surface area contributed by atoms with Gasteiger partial charge in [-0.3, -0.25) is 4.79 Å². The molecular weight excluding hydrogens is 354 g/mol. The minimum absolute atomic E-state index is 0.279. The molecule has 0 saturated heterocycles. The van der Waals surface area contributed by atoms with E-state index in [4.69, 9.17) is 0 Å². The van der Waals surface area contributed by atoms with E-state index in [0.29, 0.717) is 22.6 Å². The zero-order valence-electron chi connectivity index (χ0n) is 15.7. The third kappa shape index (κ3) is 4.54. The Kier molecular flexibility index (Phi) is 6.01. The van der Waals surface area contributed by atoms with Gasteiger partial charge in [0, 0.05) is 17.6 Å². The number of benzene rings is 2. The molecule has 1 amide bonds. The standard InChI is InChI=1S/C22H21N3O3/c1-3-15-6-4-5-7-19(15)25-20-13-10-17(14-23-20)21(26)24-18-11-8-16(9-12-18)22(27)28-2/h4-14H,3H2,1-2H3,(H,23,25)(H,24,26). The second-order valence-corrected chi connectivity index (χ2v) is 6.09. The number of methoxy groups -OCH3 is 1. The van der Waals surface area contributed by atoms with Crippen molar-refractivity contribution in [2.24, 2.45) is 0 Å². The zero-order valence-corrected chi connectivity index (χ0v) is 15.7. The average Bonchev–Trinajstić information content (AvgIpc) is 2.74. The molecule has 0 atom stereocenters. The van der Waals surface area contributed by atoms with Gasteiger partial charge in [0.15, 0.2) is 0 Å². The maximum absolute atomic E-state index is 12.4. The van der Waals surface area contributed by atoms with Crippen molar-refractivity contribution >= 4 is 29.1 Å². The Bertz CT molecular complexity index is 967. The lowest BCUT2D eigenvalue weighted by atomic mass is 10.1. The largest absolute Gasteiger partial charge is 0.465 e. The van der Waals surface area contributed by atoms with Gasteiger partial charge in [-0.2, -0.15) is 0 Å². The van der Waals surface area contributed by atoms with Crippen LogP contribution in [0.3, 0.4) is 0 Å². The third-order valence-electron chi connectivity index (χ3n) is 4.25. The van der Waals surface area contributed by atoms with Crippen LogP contribution >= 0.6 is 0 Å². The van der Waals surface area contributed by atoms with Crippen LogP contribution in [0.15, 0.2) is 66.9 Å². The molecule has 2 N–H and O–H groups in total. The Balaban J connectivity index is 1.66. The smallest absolute Gasteiger partial charge is 0.337 e. The number of rotatable bonds is 6. The van der Waals surface area contributed by atoms with Crippen molar-refractivity contribution in [2.75, 3.05) is 17.7 Å². The molecule has 0 saturated carbocycles. The van der Waals surface area contributed by atoms with E-state index in [1.807, 2.05) is 18.2 Å². The van der Waals surface area contributed by atoms with E-state index < -0.39 is 5.97 Å². The maximum atomic E-state index is 12.4. The number of nitrogens with one attached hydrogen (secondary N) is 2. The number of ether oxygens (including phenoxy) is 1. The van der Waals surface area contributed by atoms with Gasteiger partial charge in [-0.1, -0.05) is 25.1 Å². The molecule has 6 nitrogen and oxygen atoms in total. The lowest BCUT2D eigenvalue weighted by Crippen LogP contribution is -2.12. The van der Waals surface area contributed by atoms with Crippen molar-refractivity contribution in [3.8, 4) is 0 Å². The first-order chi connectivity index (χ1) is 13.6. The van der Waals surface area contributed by atoms with Crippen LogP contribution in [0, 0.1) is 0 Å². The summed E-state index contributed by atoms with van der Waals surface area (Å²) >= 11 is 0. The van der Waals surface area contributed by atoms with E-state index >= 15 is 0 Å². The second-order valence-electron chi connectivity index (χ2n) is 6.09. The van der Waals surface area contributed by atoms with Gasteiger partial charge in [-0.25, -0.2) is 9.78 Å². The molecule has 0 aliphatic heterocycles. The van der Waals surface area contributed by atoms with Crippen LogP contribution in [-0.4, -0.2) is 24.0 Å². The molecule has 1 aromatic heterocycles. The maximum Gasteiger partial charge on any atom is 0.337 e. The lowest BCUT2D eigenvalue weighted by molar-refractivity contribution is 0.0600. The van der Waals surface area contributed by atoms with E-state index in [-0.39, 0.29) is 5.91 Å². The first kappa shape index (κ1) is 19.1. The van der Waals surface area contributed by atoms with Crippen LogP contribution in [0.4, 0.5) is 17.2 Å². The molecule has 3 aromatic rings. The molecule has 0 bridgehead atoms. The number of para-hydroxylation sites is 1. The molecule has 6 heteroatoms. The van der Waals surface area contributed by atoms with Crippen LogP contribution in [0.1, 0.15) is 33.2 Å². The predicted octanol–water partition coefficient (Wildman–Crippen LogP) is 4.43. The van der Waals surface area contributed by atoms with Crippen LogP contribution in [0.25, 0.3) is 0 Å². The highest BCUT2D eigenvalue weighted by molar-refractivity contribution is 6.04. The SMILES string of the molecule is CCc1ccccc1Nc1ccc(C(=O)Nc2ccc(C(=O)OC)cc2)cn1. The van der Waals surface area contributed by atoms with Crippen molar-refractivity contribution in [3.05, 3.63) is 83.6 Å². The van der Waals surface area contributed by atoms with E-state index in [0.717, 1.165) is 12.1 Å². The Hall–Kier alpha value is -3.67. The molecule has 142 valence electrons. The zero-order chi connectivity index (χ0) is 19.9. The fourth-order valence-corrected chi connectivity index (χ4v) is 2.70. The van der Waals surface area contributed by atoms with Crippen LogP contribution in [-0.2, 0) is 11.2 Å². The molecule has 0 spiro atoms. The number of anilines is 3. The molecule has 0 fully saturated rings. The molecule has 28 heavy (non-hydrogen) atoms. The number of hydrogen-bond acceptors (Lipinski definition) is 5. The van der Waals surface area contributed by atoms with Crippen molar-refractivity contribution in [1.82, 2.24) is 4.98 Å². The summed E-state index contributed by atoms with van der Waals surface area (Å²) < 4.78 is 4.65. The van der Waals surface area contributed by atoms with Crippen molar-refractivity contribution < 1.29 is 14.3 Å². The number of amides is 1. The molecule has 0 unspecified atom stereocenters. The summed E-state index contributed by atoms with van der Waals surface area (Å²) in [6, 6.07) is 18.0. The van der Waals surface area contributed by atoms with Gasteiger partial charge in [-0.15, -0.1) is 0 Å². The quantitative estimate of drug-likeness (QED) is 0.623. The van der Waals surface area contributed by atoms with E-state index in [9.17, 15) is 9.59 Å². The Morgan fingerprint density at radius 2 is 1.68 bits per heavy atom. The number of hydrogen-bond donors (Lipinski definition) is 2. The Labute approximate surface area is 163 Å². The van der Waals surface area contributed by atoms with E-state index in [2.05, 4.69) is 33.3 Å². The molecule has 0 radical (unpaired) electrons. The van der Waals surface area contributed by atoms with Crippen LogP contribution in [0.2, 0.25) is 0 Å². The van der Waals surface area contributed by atoms with Crippen molar-refractivity contribution in [1.29, 1.82) is 0 Å². The topological polar surface area (TPSA) is 80.3 Å². The number of esters is 1. The minimum atomic E-state index is -0.421. The minimum Gasteiger partial charge on any atom is -0.465 e. The number of carbonyl (C=O) groups is 2. The number of aromatic nitrogens is 1. The number of pyridine rings is 1. The van der Waals surface area contributed by atoms with Crippen molar-refractivity contribution in [2.45, 2.75) is 13.3 Å². The fourth-order valence-electron chi connectivity index (χ4n) is 2.70. The molecular formula is C22H21N3O3. The van der Waals surface area contributed by atoms with Crippen LogP contribution in [0.5, 0.6) is 0 Å². The number of aryl methyl sites for hydroxylation is 1. The Morgan fingerprint density at radius 1 is 0.964 bits per heavy atom. The summed E-state index contributed by atoms with van der Waals surface area (Å²) in [5, 5.41) is 6.05. The van der Waals surface area contributed by atoms with Gasteiger partial charge in [0.05, 0.1) is 18.2 Å². The predicted molar refractivity (Wildman–Crippen MR) is 109 cm³/mol.